The molecule has 11 heteroatoms. The van der Waals surface area contributed by atoms with Crippen molar-refractivity contribution in [1.29, 1.82) is 5.26 Å². The number of halogens is 2. The highest BCUT2D eigenvalue weighted by Gasteiger charge is 2.29. The van der Waals surface area contributed by atoms with Crippen LogP contribution in [0, 0.1) is 23.1 Å². The van der Waals surface area contributed by atoms with Crippen LogP contribution in [0.5, 0.6) is 5.75 Å². The monoisotopic (exact) mass is 631 g/mol. The topological polar surface area (TPSA) is 100 Å². The smallest absolute Gasteiger partial charge is 0.265 e. The third-order valence-corrected chi connectivity index (χ3v) is 8.38. The molecule has 0 atom stereocenters. The Morgan fingerprint density at radius 3 is 2.69 bits per heavy atom. The summed E-state index contributed by atoms with van der Waals surface area (Å²) in [6.07, 6.45) is 5.93. The van der Waals surface area contributed by atoms with Crippen molar-refractivity contribution in [3.8, 4) is 22.9 Å². The number of likely N-dealkylation sites (tertiary alicyclic amines) is 1. The number of nitriles is 1. The molecular formula is C31H31BrFN7O2. The van der Waals surface area contributed by atoms with E-state index in [1.165, 1.54) is 17.2 Å². The average Bonchev–Trinajstić information content (AvgIpc) is 3.38. The summed E-state index contributed by atoms with van der Waals surface area (Å²) in [7, 11) is 2.13. The quantitative estimate of drug-likeness (QED) is 0.271. The molecular weight excluding hydrogens is 601 g/mol. The highest BCUT2D eigenvalue weighted by Crippen LogP contribution is 2.41. The molecule has 9 nitrogen and oxygen atoms in total. The Labute approximate surface area is 252 Å². The third-order valence-electron chi connectivity index (χ3n) is 7.95. The second-order valence-electron chi connectivity index (χ2n) is 11.4. The van der Waals surface area contributed by atoms with E-state index in [1.807, 2.05) is 23.0 Å². The summed E-state index contributed by atoms with van der Waals surface area (Å²) in [5.74, 6) is -0.0127. The molecule has 0 N–H and O–H groups in total. The first-order valence-electron chi connectivity index (χ1n) is 14.1. The highest BCUT2D eigenvalue weighted by atomic mass is 79.9. The van der Waals surface area contributed by atoms with Crippen molar-refractivity contribution in [2.75, 3.05) is 31.6 Å². The van der Waals surface area contributed by atoms with E-state index in [-0.39, 0.29) is 30.8 Å². The number of fused-ring (bicyclic) bond motifs is 2. The first-order valence-corrected chi connectivity index (χ1v) is 14.9. The fourth-order valence-corrected chi connectivity index (χ4v) is 6.11. The van der Waals surface area contributed by atoms with Crippen molar-refractivity contribution in [2.24, 2.45) is 5.92 Å². The van der Waals surface area contributed by atoms with Gasteiger partial charge in [-0.3, -0.25) is 14.7 Å². The zero-order valence-electron chi connectivity index (χ0n) is 23.8. The normalized spacial score (nSPS) is 16.1. The minimum Gasteiger partial charge on any atom is -0.482 e. The van der Waals surface area contributed by atoms with E-state index in [1.54, 1.807) is 6.07 Å². The Bertz CT molecular complexity index is 1720. The van der Waals surface area contributed by atoms with Gasteiger partial charge in [0.2, 0.25) is 0 Å². The lowest BCUT2D eigenvalue weighted by atomic mass is 9.93. The second kappa shape index (κ2) is 11.4. The summed E-state index contributed by atoms with van der Waals surface area (Å²) in [4.78, 5) is 25.9. The summed E-state index contributed by atoms with van der Waals surface area (Å²) >= 11 is 3.22. The van der Waals surface area contributed by atoms with Crippen LogP contribution in [-0.4, -0.2) is 57.3 Å². The number of piperidine rings is 1. The first-order chi connectivity index (χ1) is 20.2. The number of pyridine rings is 2. The zero-order chi connectivity index (χ0) is 29.5. The Morgan fingerprint density at radius 2 is 1.98 bits per heavy atom. The highest BCUT2D eigenvalue weighted by molar-refractivity contribution is 9.10. The molecule has 4 aromatic rings. The van der Waals surface area contributed by atoms with Crippen molar-refractivity contribution in [3.05, 3.63) is 63.9 Å². The molecule has 5 heterocycles. The van der Waals surface area contributed by atoms with Gasteiger partial charge in [-0.05, 0) is 85.0 Å². The van der Waals surface area contributed by atoms with E-state index in [2.05, 4.69) is 52.8 Å². The minimum absolute atomic E-state index is 0.0293. The van der Waals surface area contributed by atoms with Gasteiger partial charge >= 0.3 is 0 Å². The lowest BCUT2D eigenvalue weighted by Gasteiger charge is -2.30. The number of nitrogens with zero attached hydrogens (tertiary/aromatic N) is 7. The molecule has 216 valence electrons. The van der Waals surface area contributed by atoms with Crippen LogP contribution >= 0.6 is 15.9 Å². The predicted octanol–water partition coefficient (Wildman–Crippen LogP) is 5.66. The molecule has 3 aromatic heterocycles. The number of carbonyl (C=O) groups is 1. The molecule has 2 aliphatic heterocycles. The van der Waals surface area contributed by atoms with Crippen LogP contribution in [-0.2, 0) is 17.8 Å². The number of aromatic nitrogens is 4. The summed E-state index contributed by atoms with van der Waals surface area (Å²) in [5.41, 5.74) is 4.25. The van der Waals surface area contributed by atoms with Crippen LogP contribution in [0.1, 0.15) is 49.7 Å². The van der Waals surface area contributed by atoms with Gasteiger partial charge in [-0.25, -0.2) is 14.1 Å². The summed E-state index contributed by atoms with van der Waals surface area (Å²) in [6.45, 7) is 6.00. The second-order valence-corrected chi connectivity index (χ2v) is 12.3. The number of rotatable bonds is 6. The fourth-order valence-electron chi connectivity index (χ4n) is 5.81. The standard InChI is InChI=1S/C31H31BrFN7O2/c1-18(2)10-25-22(13-34)30(23-15-36-40(31(23)37-25)21-6-8-38(3)9-7-21)19-4-5-27-28(11-19)42-17-29(41)39(27)16-26-24(33)12-20(32)14-35-26/h4-5,11-12,14-15,18,21H,6-10,16-17H2,1-3H3. The van der Waals surface area contributed by atoms with Crippen LogP contribution in [0.25, 0.3) is 22.2 Å². The maximum atomic E-state index is 14.6. The van der Waals surface area contributed by atoms with Gasteiger partial charge in [-0.15, -0.1) is 0 Å². The van der Waals surface area contributed by atoms with Crippen molar-refractivity contribution >= 4 is 38.6 Å². The van der Waals surface area contributed by atoms with E-state index in [4.69, 9.17) is 14.8 Å². The van der Waals surface area contributed by atoms with Gasteiger partial charge in [0.25, 0.3) is 5.91 Å². The Balaban J connectivity index is 1.46. The lowest BCUT2D eigenvalue weighted by Crippen LogP contribution is -2.38. The summed E-state index contributed by atoms with van der Waals surface area (Å²) in [5, 5.41) is 16.0. The van der Waals surface area contributed by atoms with E-state index in [0.717, 1.165) is 53.8 Å². The predicted molar refractivity (Wildman–Crippen MR) is 161 cm³/mol. The molecule has 1 aromatic carbocycles. The van der Waals surface area contributed by atoms with E-state index in [9.17, 15) is 14.4 Å². The molecule has 2 aliphatic rings. The molecule has 0 unspecified atom stereocenters. The number of carbonyl (C=O) groups excluding carboxylic acids is 1. The maximum Gasteiger partial charge on any atom is 0.265 e. The van der Waals surface area contributed by atoms with E-state index >= 15 is 0 Å². The largest absolute Gasteiger partial charge is 0.482 e. The van der Waals surface area contributed by atoms with Gasteiger partial charge in [0.05, 0.1) is 41.4 Å². The van der Waals surface area contributed by atoms with Gasteiger partial charge in [0, 0.05) is 21.6 Å². The molecule has 1 saturated heterocycles. The number of benzene rings is 1. The molecule has 0 spiro atoms. The van der Waals surface area contributed by atoms with Crippen LogP contribution in [0.3, 0.4) is 0 Å². The van der Waals surface area contributed by atoms with Crippen LogP contribution < -0.4 is 9.64 Å². The Hall–Kier alpha value is -3.88. The Morgan fingerprint density at radius 1 is 1.19 bits per heavy atom. The fraction of sp³-hybridized carbons (Fsp3) is 0.387. The number of anilines is 1. The van der Waals surface area contributed by atoms with Crippen LogP contribution in [0.2, 0.25) is 0 Å². The van der Waals surface area contributed by atoms with Crippen molar-refractivity contribution in [1.82, 2.24) is 24.6 Å². The summed E-state index contributed by atoms with van der Waals surface area (Å²) in [6, 6.07) is 9.50. The van der Waals surface area contributed by atoms with Gasteiger partial charge in [-0.2, -0.15) is 10.4 Å². The molecule has 0 aliphatic carbocycles. The molecule has 1 fully saturated rings. The van der Waals surface area contributed by atoms with Crippen LogP contribution in [0.4, 0.5) is 10.1 Å². The van der Waals surface area contributed by atoms with E-state index < -0.39 is 5.82 Å². The molecule has 0 bridgehead atoms. The minimum atomic E-state index is -0.501. The molecule has 0 radical (unpaired) electrons. The van der Waals surface area contributed by atoms with Gasteiger partial charge in [0.1, 0.15) is 17.6 Å². The maximum absolute atomic E-state index is 14.6. The average molecular weight is 633 g/mol. The summed E-state index contributed by atoms with van der Waals surface area (Å²) < 4.78 is 23.0. The zero-order valence-corrected chi connectivity index (χ0v) is 25.4. The molecule has 1 amide bonds. The van der Waals surface area contributed by atoms with Gasteiger partial charge in [-0.1, -0.05) is 19.9 Å². The lowest BCUT2D eigenvalue weighted by molar-refractivity contribution is -0.121. The number of hydrogen-bond donors (Lipinski definition) is 0. The van der Waals surface area contributed by atoms with E-state index in [0.29, 0.717) is 33.8 Å². The molecule has 6 rings (SSSR count). The van der Waals surface area contributed by atoms with Crippen LogP contribution in [0.15, 0.2) is 41.1 Å². The van der Waals surface area contributed by atoms with Crippen molar-refractivity contribution in [3.63, 3.8) is 0 Å². The molecule has 0 saturated carbocycles. The third kappa shape index (κ3) is 5.25. The van der Waals surface area contributed by atoms with Crippen molar-refractivity contribution < 1.29 is 13.9 Å². The molecule has 42 heavy (non-hydrogen) atoms. The first kappa shape index (κ1) is 28.2. The van der Waals surface area contributed by atoms with Gasteiger partial charge < -0.3 is 9.64 Å². The number of hydrogen-bond acceptors (Lipinski definition) is 7. The Kier molecular flexibility index (Phi) is 7.68. The number of amides is 1. The SMILES string of the molecule is CC(C)Cc1nc2c(cnn2C2CCN(C)CC2)c(-c2ccc3c(c2)OCC(=O)N3Cc2ncc(Br)cc2F)c1C#N. The van der Waals surface area contributed by atoms with Gasteiger partial charge in [0.15, 0.2) is 12.3 Å². The number of ether oxygens (including phenoxy) is 1. The van der Waals surface area contributed by atoms with Crippen molar-refractivity contribution in [2.45, 2.75) is 45.7 Å².